The first kappa shape index (κ1) is 15.9. The molecule has 1 aliphatic heterocycles. The first-order valence-electron chi connectivity index (χ1n) is 8.49. The smallest absolute Gasteiger partial charge is 0.140 e. The molecular weight excluding hydrogens is 317 g/mol. The molecule has 0 unspecified atom stereocenters. The summed E-state index contributed by atoms with van der Waals surface area (Å²) in [5.41, 5.74) is 3.13. The Morgan fingerprint density at radius 1 is 1.04 bits per heavy atom. The van der Waals surface area contributed by atoms with Crippen molar-refractivity contribution in [3.63, 3.8) is 0 Å². The SMILES string of the molecule is Cc1ncccc1CN1CCN(c2ncnc3ccc(F)cc23)CC1. The fourth-order valence-corrected chi connectivity index (χ4v) is 3.31. The van der Waals surface area contributed by atoms with Crippen molar-refractivity contribution in [1.29, 1.82) is 0 Å². The van der Waals surface area contributed by atoms with Crippen LogP contribution < -0.4 is 4.90 Å². The van der Waals surface area contributed by atoms with E-state index in [1.807, 2.05) is 19.2 Å². The number of benzene rings is 1. The minimum absolute atomic E-state index is 0.255. The summed E-state index contributed by atoms with van der Waals surface area (Å²) in [5, 5.41) is 0.777. The van der Waals surface area contributed by atoms with Gasteiger partial charge in [0.1, 0.15) is 18.0 Å². The highest BCUT2D eigenvalue weighted by Crippen LogP contribution is 2.25. The minimum atomic E-state index is -0.255. The van der Waals surface area contributed by atoms with Crippen LogP contribution in [0.15, 0.2) is 42.9 Å². The highest BCUT2D eigenvalue weighted by molar-refractivity contribution is 5.89. The van der Waals surface area contributed by atoms with Crippen molar-refractivity contribution in [2.75, 3.05) is 31.1 Å². The first-order chi connectivity index (χ1) is 12.2. The molecule has 1 fully saturated rings. The van der Waals surface area contributed by atoms with Gasteiger partial charge in [-0.3, -0.25) is 9.88 Å². The largest absolute Gasteiger partial charge is 0.353 e. The molecule has 0 bridgehead atoms. The number of anilines is 1. The number of halogens is 1. The minimum Gasteiger partial charge on any atom is -0.353 e. The normalized spacial score (nSPS) is 15.7. The quantitative estimate of drug-likeness (QED) is 0.735. The van der Waals surface area contributed by atoms with Crippen molar-refractivity contribution in [1.82, 2.24) is 19.9 Å². The third-order valence-corrected chi connectivity index (χ3v) is 4.76. The van der Waals surface area contributed by atoms with Crippen molar-refractivity contribution in [3.8, 4) is 0 Å². The zero-order chi connectivity index (χ0) is 17.2. The van der Waals surface area contributed by atoms with Gasteiger partial charge in [-0.15, -0.1) is 0 Å². The third-order valence-electron chi connectivity index (χ3n) is 4.76. The summed E-state index contributed by atoms with van der Waals surface area (Å²) in [5.74, 6) is 0.566. The average Bonchev–Trinajstić information content (AvgIpc) is 2.64. The summed E-state index contributed by atoms with van der Waals surface area (Å²) in [7, 11) is 0. The van der Waals surface area contributed by atoms with Gasteiger partial charge >= 0.3 is 0 Å². The lowest BCUT2D eigenvalue weighted by molar-refractivity contribution is 0.248. The van der Waals surface area contributed by atoms with E-state index in [1.54, 1.807) is 12.4 Å². The fraction of sp³-hybridized carbons (Fsp3) is 0.316. The molecule has 1 saturated heterocycles. The molecule has 128 valence electrons. The molecule has 4 rings (SSSR count). The zero-order valence-electron chi connectivity index (χ0n) is 14.2. The molecule has 2 aromatic heterocycles. The molecule has 3 aromatic rings. The fourth-order valence-electron chi connectivity index (χ4n) is 3.31. The van der Waals surface area contributed by atoms with Crippen molar-refractivity contribution >= 4 is 16.7 Å². The van der Waals surface area contributed by atoms with Crippen LogP contribution in [-0.2, 0) is 6.54 Å². The van der Waals surface area contributed by atoms with E-state index in [1.165, 1.54) is 17.7 Å². The van der Waals surface area contributed by atoms with Crippen LogP contribution in [0.5, 0.6) is 0 Å². The van der Waals surface area contributed by atoms with Crippen LogP contribution in [0.1, 0.15) is 11.3 Å². The summed E-state index contributed by atoms with van der Waals surface area (Å²) < 4.78 is 13.6. The molecule has 0 aliphatic carbocycles. The molecule has 0 radical (unpaired) electrons. The van der Waals surface area contributed by atoms with Crippen molar-refractivity contribution in [2.45, 2.75) is 13.5 Å². The van der Waals surface area contributed by atoms with Gasteiger partial charge in [-0.05, 0) is 36.8 Å². The van der Waals surface area contributed by atoms with Gasteiger partial charge in [-0.1, -0.05) is 6.07 Å². The third kappa shape index (κ3) is 3.30. The second-order valence-electron chi connectivity index (χ2n) is 6.37. The maximum atomic E-state index is 13.6. The first-order valence-corrected chi connectivity index (χ1v) is 8.49. The maximum absolute atomic E-state index is 13.6. The summed E-state index contributed by atoms with van der Waals surface area (Å²) >= 11 is 0. The van der Waals surface area contributed by atoms with Gasteiger partial charge in [-0.25, -0.2) is 14.4 Å². The Labute approximate surface area is 146 Å². The molecule has 0 atom stereocenters. The Balaban J connectivity index is 1.49. The standard InChI is InChI=1S/C19H20FN5/c1-14-15(3-2-6-21-14)12-24-7-9-25(10-8-24)19-17-11-16(20)4-5-18(17)22-13-23-19/h2-6,11,13H,7-10,12H2,1H3. The summed E-state index contributed by atoms with van der Waals surface area (Å²) in [6, 6.07) is 8.79. The van der Waals surface area contributed by atoms with Gasteiger partial charge < -0.3 is 4.90 Å². The number of hydrogen-bond donors (Lipinski definition) is 0. The van der Waals surface area contributed by atoms with Crippen LogP contribution in [0, 0.1) is 12.7 Å². The lowest BCUT2D eigenvalue weighted by Gasteiger charge is -2.35. The lowest BCUT2D eigenvalue weighted by Crippen LogP contribution is -2.46. The van der Waals surface area contributed by atoms with Gasteiger partial charge in [0.15, 0.2) is 0 Å². The number of nitrogens with zero attached hydrogens (tertiary/aromatic N) is 5. The summed E-state index contributed by atoms with van der Waals surface area (Å²) in [6.07, 6.45) is 3.39. The molecule has 0 saturated carbocycles. The average molecular weight is 337 g/mol. The molecular formula is C19H20FN5. The van der Waals surface area contributed by atoms with Crippen molar-refractivity contribution < 1.29 is 4.39 Å². The highest BCUT2D eigenvalue weighted by Gasteiger charge is 2.20. The van der Waals surface area contributed by atoms with E-state index in [0.717, 1.165) is 55.1 Å². The monoisotopic (exact) mass is 337 g/mol. The summed E-state index contributed by atoms with van der Waals surface area (Å²) in [4.78, 5) is 17.7. The molecule has 0 N–H and O–H groups in total. The van der Waals surface area contributed by atoms with E-state index >= 15 is 0 Å². The van der Waals surface area contributed by atoms with Crippen LogP contribution in [0.3, 0.4) is 0 Å². The topological polar surface area (TPSA) is 45.2 Å². The van der Waals surface area contributed by atoms with Crippen LogP contribution >= 0.6 is 0 Å². The Hall–Kier alpha value is -2.60. The maximum Gasteiger partial charge on any atom is 0.140 e. The van der Waals surface area contributed by atoms with E-state index < -0.39 is 0 Å². The number of aryl methyl sites for hydroxylation is 1. The molecule has 1 aromatic carbocycles. The molecule has 1 aliphatic rings. The highest BCUT2D eigenvalue weighted by atomic mass is 19.1. The van der Waals surface area contributed by atoms with Gasteiger partial charge in [-0.2, -0.15) is 0 Å². The van der Waals surface area contributed by atoms with Crippen molar-refractivity contribution in [2.24, 2.45) is 0 Å². The zero-order valence-corrected chi connectivity index (χ0v) is 14.2. The van der Waals surface area contributed by atoms with E-state index in [9.17, 15) is 4.39 Å². The Bertz CT molecular complexity index is 890. The van der Waals surface area contributed by atoms with Crippen LogP contribution in [0.2, 0.25) is 0 Å². The molecule has 6 heteroatoms. The Kier molecular flexibility index (Phi) is 4.28. The number of hydrogen-bond acceptors (Lipinski definition) is 5. The second kappa shape index (κ2) is 6.72. The lowest BCUT2D eigenvalue weighted by atomic mass is 10.1. The van der Waals surface area contributed by atoms with Gasteiger partial charge in [0.05, 0.1) is 5.52 Å². The van der Waals surface area contributed by atoms with E-state index in [4.69, 9.17) is 0 Å². The molecule has 0 amide bonds. The molecule has 0 spiro atoms. The van der Waals surface area contributed by atoms with Crippen molar-refractivity contribution in [3.05, 3.63) is 59.9 Å². The number of rotatable bonds is 3. The van der Waals surface area contributed by atoms with Crippen LogP contribution in [0.25, 0.3) is 10.9 Å². The molecule has 5 nitrogen and oxygen atoms in total. The predicted octanol–water partition coefficient (Wildman–Crippen LogP) is 2.79. The Morgan fingerprint density at radius 3 is 2.68 bits per heavy atom. The van der Waals surface area contributed by atoms with E-state index in [2.05, 4.69) is 30.8 Å². The van der Waals surface area contributed by atoms with Gasteiger partial charge in [0, 0.05) is 50.0 Å². The van der Waals surface area contributed by atoms with Gasteiger partial charge in [0.2, 0.25) is 0 Å². The Morgan fingerprint density at radius 2 is 1.88 bits per heavy atom. The summed E-state index contributed by atoms with van der Waals surface area (Å²) in [6.45, 7) is 6.56. The molecule has 3 heterocycles. The molecule has 25 heavy (non-hydrogen) atoms. The van der Waals surface area contributed by atoms with E-state index in [0.29, 0.717) is 0 Å². The second-order valence-corrected chi connectivity index (χ2v) is 6.37. The number of aromatic nitrogens is 3. The van der Waals surface area contributed by atoms with E-state index in [-0.39, 0.29) is 5.82 Å². The van der Waals surface area contributed by atoms with Gasteiger partial charge in [0.25, 0.3) is 0 Å². The van der Waals surface area contributed by atoms with Crippen LogP contribution in [-0.4, -0.2) is 46.0 Å². The number of piperazine rings is 1. The number of fused-ring (bicyclic) bond motifs is 1. The number of pyridine rings is 1. The predicted molar refractivity (Wildman–Crippen MR) is 96.0 cm³/mol. The van der Waals surface area contributed by atoms with Crippen LogP contribution in [0.4, 0.5) is 10.2 Å².